The summed E-state index contributed by atoms with van der Waals surface area (Å²) in [5.74, 6) is 1.97. The van der Waals surface area contributed by atoms with Gasteiger partial charge in [-0.2, -0.15) is 0 Å². The lowest BCUT2D eigenvalue weighted by Crippen LogP contribution is -2.02. The molecule has 0 saturated heterocycles. The summed E-state index contributed by atoms with van der Waals surface area (Å²) in [4.78, 5) is 0. The highest BCUT2D eigenvalue weighted by molar-refractivity contribution is 9.09. The molecule has 138 valence electrons. The molecule has 2 rings (SSSR count). The first-order chi connectivity index (χ1) is 12.3. The van der Waals surface area contributed by atoms with E-state index in [9.17, 15) is 0 Å². The van der Waals surface area contributed by atoms with Gasteiger partial charge in [-0.3, -0.25) is 0 Å². The van der Waals surface area contributed by atoms with E-state index >= 15 is 0 Å². The molecule has 0 N–H and O–H groups in total. The Bertz CT molecular complexity index is 639. The van der Waals surface area contributed by atoms with Crippen LogP contribution >= 0.6 is 15.9 Å². The van der Waals surface area contributed by atoms with Gasteiger partial charge in [0.15, 0.2) is 0 Å². The van der Waals surface area contributed by atoms with Crippen LogP contribution in [0.25, 0.3) is 10.8 Å². The van der Waals surface area contributed by atoms with E-state index in [2.05, 4.69) is 60.1 Å². The molecule has 0 amide bonds. The summed E-state index contributed by atoms with van der Waals surface area (Å²) >= 11 is 3.45. The Hall–Kier alpha value is -1.22. The molecule has 0 spiro atoms. The third kappa shape index (κ3) is 6.22. The molecule has 0 aliphatic heterocycles. The van der Waals surface area contributed by atoms with Gasteiger partial charge in [0, 0.05) is 16.1 Å². The van der Waals surface area contributed by atoms with Crippen molar-refractivity contribution in [2.45, 2.75) is 58.8 Å². The fraction of sp³-hybridized carbons (Fsp3) is 0.545. The lowest BCUT2D eigenvalue weighted by Gasteiger charge is -2.16. The molecule has 0 bridgehead atoms. The smallest absolute Gasteiger partial charge is 0.130 e. The molecule has 2 aromatic carbocycles. The van der Waals surface area contributed by atoms with Gasteiger partial charge in [0.1, 0.15) is 11.5 Å². The molecule has 0 fully saturated rings. The third-order valence-corrected chi connectivity index (χ3v) is 4.98. The van der Waals surface area contributed by atoms with E-state index in [1.807, 2.05) is 0 Å². The van der Waals surface area contributed by atoms with Gasteiger partial charge in [-0.15, -0.1) is 0 Å². The quantitative estimate of drug-likeness (QED) is 0.277. The number of hydrogen-bond donors (Lipinski definition) is 0. The van der Waals surface area contributed by atoms with Crippen molar-refractivity contribution in [2.24, 2.45) is 0 Å². The first kappa shape index (κ1) is 20.1. The Morgan fingerprint density at radius 3 is 2.28 bits per heavy atom. The van der Waals surface area contributed by atoms with E-state index in [1.165, 1.54) is 32.1 Å². The summed E-state index contributed by atoms with van der Waals surface area (Å²) in [5.41, 5.74) is 1.15. The van der Waals surface area contributed by atoms with Crippen LogP contribution < -0.4 is 9.47 Å². The largest absolute Gasteiger partial charge is 0.493 e. The molecular weight excluding hydrogens is 376 g/mol. The third-order valence-electron chi connectivity index (χ3n) is 4.42. The average molecular weight is 407 g/mol. The van der Waals surface area contributed by atoms with Crippen LogP contribution in [-0.2, 0) is 0 Å². The van der Waals surface area contributed by atoms with E-state index in [0.29, 0.717) is 0 Å². The topological polar surface area (TPSA) is 18.5 Å². The lowest BCUT2D eigenvalue weighted by atomic mass is 10.0. The number of halogens is 1. The second kappa shape index (κ2) is 11.4. The van der Waals surface area contributed by atoms with Gasteiger partial charge in [0.2, 0.25) is 0 Å². The minimum absolute atomic E-state index is 0.729. The van der Waals surface area contributed by atoms with Crippen molar-refractivity contribution in [3.63, 3.8) is 0 Å². The summed E-state index contributed by atoms with van der Waals surface area (Å²) in [6.45, 7) is 5.89. The second-order valence-corrected chi connectivity index (χ2v) is 7.37. The van der Waals surface area contributed by atoms with Crippen LogP contribution in [0.3, 0.4) is 0 Å². The molecule has 0 saturated carbocycles. The van der Waals surface area contributed by atoms with Crippen molar-refractivity contribution < 1.29 is 9.47 Å². The van der Waals surface area contributed by atoms with E-state index in [1.54, 1.807) is 0 Å². The summed E-state index contributed by atoms with van der Waals surface area (Å²) in [6, 6.07) is 10.5. The Morgan fingerprint density at radius 2 is 1.52 bits per heavy atom. The van der Waals surface area contributed by atoms with Crippen molar-refractivity contribution in [2.75, 3.05) is 18.5 Å². The van der Waals surface area contributed by atoms with E-state index in [0.717, 1.165) is 59.2 Å². The fourth-order valence-electron chi connectivity index (χ4n) is 3.05. The standard InChI is InChI=1S/C22H31BrO2/c1-3-4-5-6-7-10-15-25-22-18(2)17-21(24-16-11-14-23)19-12-8-9-13-20(19)22/h8-9,12-13,17H,3-7,10-11,14-16H2,1-2H3. The summed E-state index contributed by atoms with van der Waals surface area (Å²) < 4.78 is 12.2. The van der Waals surface area contributed by atoms with Crippen molar-refractivity contribution in [3.8, 4) is 11.5 Å². The average Bonchev–Trinajstić information content (AvgIpc) is 2.63. The predicted octanol–water partition coefficient (Wildman–Crippen LogP) is 7.05. The zero-order chi connectivity index (χ0) is 17.9. The van der Waals surface area contributed by atoms with E-state index in [-0.39, 0.29) is 0 Å². The minimum Gasteiger partial charge on any atom is -0.493 e. The Balaban J connectivity index is 2.02. The summed E-state index contributed by atoms with van der Waals surface area (Å²) in [5, 5.41) is 3.26. The number of fused-ring (bicyclic) bond motifs is 1. The number of aryl methyl sites for hydroxylation is 1. The molecule has 0 aromatic heterocycles. The number of rotatable bonds is 12. The van der Waals surface area contributed by atoms with Gasteiger partial charge < -0.3 is 9.47 Å². The number of unbranched alkanes of at least 4 members (excludes halogenated alkanes) is 5. The first-order valence-electron chi connectivity index (χ1n) is 9.61. The predicted molar refractivity (Wildman–Crippen MR) is 111 cm³/mol. The van der Waals surface area contributed by atoms with Gasteiger partial charge in [-0.05, 0) is 31.4 Å². The molecule has 0 unspecified atom stereocenters. The van der Waals surface area contributed by atoms with E-state index in [4.69, 9.17) is 9.47 Å². The monoisotopic (exact) mass is 406 g/mol. The molecular formula is C22H31BrO2. The molecule has 0 atom stereocenters. The van der Waals surface area contributed by atoms with Crippen LogP contribution in [0.5, 0.6) is 11.5 Å². The van der Waals surface area contributed by atoms with Crippen molar-refractivity contribution in [1.29, 1.82) is 0 Å². The van der Waals surface area contributed by atoms with Gasteiger partial charge >= 0.3 is 0 Å². The second-order valence-electron chi connectivity index (χ2n) is 6.57. The van der Waals surface area contributed by atoms with Crippen molar-refractivity contribution >= 4 is 26.7 Å². The SMILES string of the molecule is CCCCCCCCOc1c(C)cc(OCCCBr)c2ccccc12. The molecule has 2 aromatic rings. The van der Waals surface area contributed by atoms with Crippen LogP contribution in [0.2, 0.25) is 0 Å². The van der Waals surface area contributed by atoms with E-state index < -0.39 is 0 Å². The fourth-order valence-corrected chi connectivity index (χ4v) is 3.28. The number of ether oxygens (including phenoxy) is 2. The van der Waals surface area contributed by atoms with Crippen molar-refractivity contribution in [1.82, 2.24) is 0 Å². The maximum absolute atomic E-state index is 6.17. The first-order valence-corrected chi connectivity index (χ1v) is 10.7. The van der Waals surface area contributed by atoms with Gasteiger partial charge in [-0.25, -0.2) is 0 Å². The molecule has 0 aliphatic rings. The highest BCUT2D eigenvalue weighted by atomic mass is 79.9. The highest BCUT2D eigenvalue weighted by Crippen LogP contribution is 2.36. The zero-order valence-corrected chi connectivity index (χ0v) is 17.2. The highest BCUT2D eigenvalue weighted by Gasteiger charge is 2.11. The molecule has 0 aliphatic carbocycles. The Labute approximate surface area is 161 Å². The Kier molecular flexibility index (Phi) is 9.17. The molecule has 0 radical (unpaired) electrons. The van der Waals surface area contributed by atoms with Crippen LogP contribution in [0.4, 0.5) is 0 Å². The maximum Gasteiger partial charge on any atom is 0.130 e. The van der Waals surface area contributed by atoms with Gasteiger partial charge in [-0.1, -0.05) is 79.2 Å². The van der Waals surface area contributed by atoms with Gasteiger partial charge in [0.05, 0.1) is 13.2 Å². The molecule has 2 nitrogen and oxygen atoms in total. The lowest BCUT2D eigenvalue weighted by molar-refractivity contribution is 0.303. The number of alkyl halides is 1. The normalized spacial score (nSPS) is 11.0. The Morgan fingerprint density at radius 1 is 0.840 bits per heavy atom. The van der Waals surface area contributed by atoms with Crippen LogP contribution in [0.15, 0.2) is 30.3 Å². The minimum atomic E-state index is 0.729. The van der Waals surface area contributed by atoms with Crippen LogP contribution in [0.1, 0.15) is 57.4 Å². The maximum atomic E-state index is 6.17. The molecule has 3 heteroatoms. The summed E-state index contributed by atoms with van der Waals surface area (Å²) in [6.07, 6.45) is 8.69. The van der Waals surface area contributed by atoms with Crippen LogP contribution in [0, 0.1) is 6.92 Å². The molecule has 25 heavy (non-hydrogen) atoms. The molecule has 0 heterocycles. The van der Waals surface area contributed by atoms with Crippen molar-refractivity contribution in [3.05, 3.63) is 35.9 Å². The van der Waals surface area contributed by atoms with Crippen LogP contribution in [-0.4, -0.2) is 18.5 Å². The van der Waals surface area contributed by atoms with Gasteiger partial charge in [0.25, 0.3) is 0 Å². The number of hydrogen-bond acceptors (Lipinski definition) is 2. The summed E-state index contributed by atoms with van der Waals surface area (Å²) in [7, 11) is 0. The zero-order valence-electron chi connectivity index (χ0n) is 15.7. The number of benzene rings is 2.